The standard InChI is InChI=1S/C10H10N2O2/c1-14-10(13)9(12)8-5-3-2-4-7(8)6-11/h2-5,9H,12H2,1H3/t9-/m1/s1. The molecule has 1 aromatic carbocycles. The van der Waals surface area contributed by atoms with Crippen LogP contribution in [0.3, 0.4) is 0 Å². The molecule has 4 nitrogen and oxygen atoms in total. The molecule has 0 heterocycles. The van der Waals surface area contributed by atoms with Gasteiger partial charge in [0.1, 0.15) is 6.04 Å². The normalized spacial score (nSPS) is 11.5. The number of rotatable bonds is 2. The van der Waals surface area contributed by atoms with Crippen LogP contribution in [0.4, 0.5) is 0 Å². The number of hydrogen-bond acceptors (Lipinski definition) is 4. The average molecular weight is 190 g/mol. The summed E-state index contributed by atoms with van der Waals surface area (Å²) in [5, 5.41) is 8.76. The summed E-state index contributed by atoms with van der Waals surface area (Å²) in [6.07, 6.45) is 0. The number of nitriles is 1. The second-order valence-electron chi connectivity index (χ2n) is 2.70. The Hall–Kier alpha value is -1.86. The number of esters is 1. The first-order chi connectivity index (χ1) is 6.70. The summed E-state index contributed by atoms with van der Waals surface area (Å²) in [5.74, 6) is -0.548. The van der Waals surface area contributed by atoms with Crippen molar-refractivity contribution in [3.05, 3.63) is 35.4 Å². The van der Waals surface area contributed by atoms with Crippen LogP contribution in [0, 0.1) is 11.3 Å². The minimum absolute atomic E-state index is 0.394. The third-order valence-corrected chi connectivity index (χ3v) is 1.87. The van der Waals surface area contributed by atoms with Crippen molar-refractivity contribution in [1.29, 1.82) is 5.26 Å². The van der Waals surface area contributed by atoms with Crippen molar-refractivity contribution in [1.82, 2.24) is 0 Å². The smallest absolute Gasteiger partial charge is 0.327 e. The summed E-state index contributed by atoms with van der Waals surface area (Å²) in [6, 6.07) is 7.76. The molecule has 0 aliphatic carbocycles. The molecule has 0 unspecified atom stereocenters. The van der Waals surface area contributed by atoms with Gasteiger partial charge in [-0.2, -0.15) is 5.26 Å². The van der Waals surface area contributed by atoms with Crippen molar-refractivity contribution in [2.24, 2.45) is 5.73 Å². The summed E-state index contributed by atoms with van der Waals surface area (Å²) >= 11 is 0. The lowest BCUT2D eigenvalue weighted by atomic mass is 10.0. The Morgan fingerprint density at radius 3 is 2.79 bits per heavy atom. The van der Waals surface area contributed by atoms with Crippen LogP contribution < -0.4 is 5.73 Å². The quantitative estimate of drug-likeness (QED) is 0.697. The van der Waals surface area contributed by atoms with Crippen LogP contribution in [-0.2, 0) is 9.53 Å². The molecule has 4 heteroatoms. The lowest BCUT2D eigenvalue weighted by molar-refractivity contribution is -0.142. The third kappa shape index (κ3) is 1.90. The zero-order valence-corrected chi connectivity index (χ0v) is 7.73. The van der Waals surface area contributed by atoms with Crippen molar-refractivity contribution in [2.45, 2.75) is 6.04 Å². The van der Waals surface area contributed by atoms with Gasteiger partial charge in [0.05, 0.1) is 18.7 Å². The predicted octanol–water partition coefficient (Wildman–Crippen LogP) is 0.731. The maximum atomic E-state index is 11.1. The van der Waals surface area contributed by atoms with Gasteiger partial charge < -0.3 is 10.5 Å². The fourth-order valence-electron chi connectivity index (χ4n) is 1.12. The van der Waals surface area contributed by atoms with E-state index in [0.29, 0.717) is 11.1 Å². The van der Waals surface area contributed by atoms with Crippen molar-refractivity contribution in [2.75, 3.05) is 7.11 Å². The molecule has 0 radical (unpaired) electrons. The number of methoxy groups -OCH3 is 1. The van der Waals surface area contributed by atoms with Crippen LogP contribution in [0.5, 0.6) is 0 Å². The number of nitrogens with zero attached hydrogens (tertiary/aromatic N) is 1. The molecule has 0 amide bonds. The van der Waals surface area contributed by atoms with E-state index in [0.717, 1.165) is 0 Å². The van der Waals surface area contributed by atoms with E-state index in [9.17, 15) is 4.79 Å². The molecule has 0 aliphatic heterocycles. The Bertz CT molecular complexity index is 382. The molecule has 0 saturated carbocycles. The van der Waals surface area contributed by atoms with Crippen molar-refractivity contribution < 1.29 is 9.53 Å². The highest BCUT2D eigenvalue weighted by atomic mass is 16.5. The number of nitrogens with two attached hydrogens (primary N) is 1. The van der Waals surface area contributed by atoms with Crippen molar-refractivity contribution in [3.63, 3.8) is 0 Å². The molecule has 1 atom stereocenters. The molecule has 2 N–H and O–H groups in total. The Morgan fingerprint density at radius 2 is 2.21 bits per heavy atom. The van der Waals surface area contributed by atoms with E-state index in [1.54, 1.807) is 24.3 Å². The summed E-state index contributed by atoms with van der Waals surface area (Å²) in [4.78, 5) is 11.1. The van der Waals surface area contributed by atoms with Gasteiger partial charge in [-0.3, -0.25) is 4.79 Å². The van der Waals surface area contributed by atoms with Gasteiger partial charge in [-0.1, -0.05) is 18.2 Å². The van der Waals surface area contributed by atoms with Gasteiger partial charge >= 0.3 is 5.97 Å². The second-order valence-corrected chi connectivity index (χ2v) is 2.70. The Labute approximate surface area is 81.9 Å². The molecular weight excluding hydrogens is 180 g/mol. The highest BCUT2D eigenvalue weighted by molar-refractivity contribution is 5.78. The topological polar surface area (TPSA) is 76.1 Å². The van der Waals surface area contributed by atoms with Gasteiger partial charge in [-0.25, -0.2) is 0 Å². The van der Waals surface area contributed by atoms with E-state index < -0.39 is 12.0 Å². The van der Waals surface area contributed by atoms with Gasteiger partial charge in [0.2, 0.25) is 0 Å². The van der Waals surface area contributed by atoms with Gasteiger partial charge in [-0.15, -0.1) is 0 Å². The summed E-state index contributed by atoms with van der Waals surface area (Å²) in [6.45, 7) is 0. The molecule has 0 saturated heterocycles. The maximum absolute atomic E-state index is 11.1. The van der Waals surface area contributed by atoms with Gasteiger partial charge in [0.25, 0.3) is 0 Å². The van der Waals surface area contributed by atoms with E-state index in [1.165, 1.54) is 7.11 Å². The molecule has 0 spiro atoms. The van der Waals surface area contributed by atoms with E-state index >= 15 is 0 Å². The van der Waals surface area contributed by atoms with E-state index in [-0.39, 0.29) is 0 Å². The highest BCUT2D eigenvalue weighted by Crippen LogP contribution is 2.15. The first kappa shape index (κ1) is 10.2. The van der Waals surface area contributed by atoms with Crippen LogP contribution in [0.15, 0.2) is 24.3 Å². The Balaban J connectivity index is 3.07. The fourth-order valence-corrected chi connectivity index (χ4v) is 1.12. The number of carbonyl (C=O) groups is 1. The second kappa shape index (κ2) is 4.40. The highest BCUT2D eigenvalue weighted by Gasteiger charge is 2.18. The van der Waals surface area contributed by atoms with Crippen molar-refractivity contribution in [3.8, 4) is 6.07 Å². The van der Waals surface area contributed by atoms with E-state index in [1.807, 2.05) is 6.07 Å². The Kier molecular flexibility index (Phi) is 3.21. The number of hydrogen-bond donors (Lipinski definition) is 1. The molecule has 0 aromatic heterocycles. The van der Waals surface area contributed by atoms with Crippen LogP contribution >= 0.6 is 0 Å². The molecule has 0 aliphatic rings. The lowest BCUT2D eigenvalue weighted by Crippen LogP contribution is -2.23. The molecule has 0 bridgehead atoms. The van der Waals surface area contributed by atoms with E-state index in [4.69, 9.17) is 11.0 Å². The first-order valence-corrected chi connectivity index (χ1v) is 4.03. The summed E-state index contributed by atoms with van der Waals surface area (Å²) in [7, 11) is 1.26. The van der Waals surface area contributed by atoms with Crippen molar-refractivity contribution >= 4 is 5.97 Å². The number of ether oxygens (including phenoxy) is 1. The zero-order valence-electron chi connectivity index (χ0n) is 7.73. The molecule has 1 aromatic rings. The number of carbonyl (C=O) groups excluding carboxylic acids is 1. The Morgan fingerprint density at radius 1 is 1.57 bits per heavy atom. The van der Waals surface area contributed by atoms with Gasteiger partial charge in [0.15, 0.2) is 0 Å². The summed E-state index contributed by atoms with van der Waals surface area (Å²) < 4.78 is 4.49. The van der Waals surface area contributed by atoms with Gasteiger partial charge in [0, 0.05) is 0 Å². The van der Waals surface area contributed by atoms with Crippen LogP contribution in [0.2, 0.25) is 0 Å². The molecule has 14 heavy (non-hydrogen) atoms. The molecule has 72 valence electrons. The molecule has 0 fully saturated rings. The maximum Gasteiger partial charge on any atom is 0.327 e. The summed E-state index contributed by atoms with van der Waals surface area (Å²) in [5.41, 5.74) is 6.48. The van der Waals surface area contributed by atoms with E-state index in [2.05, 4.69) is 4.74 Å². The van der Waals surface area contributed by atoms with Gasteiger partial charge in [-0.05, 0) is 11.6 Å². The van der Waals surface area contributed by atoms with Crippen LogP contribution in [0.1, 0.15) is 17.2 Å². The minimum Gasteiger partial charge on any atom is -0.468 e. The zero-order chi connectivity index (χ0) is 10.6. The monoisotopic (exact) mass is 190 g/mol. The predicted molar refractivity (Wildman–Crippen MR) is 50.1 cm³/mol. The van der Waals surface area contributed by atoms with Crippen LogP contribution in [0.25, 0.3) is 0 Å². The fraction of sp³-hybridized carbons (Fsp3) is 0.200. The SMILES string of the molecule is COC(=O)[C@H](N)c1ccccc1C#N. The largest absolute Gasteiger partial charge is 0.468 e. The molecule has 1 rings (SSSR count). The number of benzene rings is 1. The average Bonchev–Trinajstić information content (AvgIpc) is 2.26. The minimum atomic E-state index is -0.893. The van der Waals surface area contributed by atoms with Crippen LogP contribution in [-0.4, -0.2) is 13.1 Å². The molecular formula is C10H10N2O2. The first-order valence-electron chi connectivity index (χ1n) is 4.03. The third-order valence-electron chi connectivity index (χ3n) is 1.87. The lowest BCUT2D eigenvalue weighted by Gasteiger charge is -2.10.